The third-order valence-corrected chi connectivity index (χ3v) is 2.59. The molecule has 1 aromatic heterocycles. The topological polar surface area (TPSA) is 79.7 Å². The van der Waals surface area contributed by atoms with Gasteiger partial charge in [-0.05, 0) is 12.1 Å². The average molecular weight is 260 g/mol. The molecule has 0 bridgehead atoms. The van der Waals surface area contributed by atoms with Gasteiger partial charge in [0.25, 0.3) is 0 Å². The molecule has 0 radical (unpaired) electrons. The van der Waals surface area contributed by atoms with Crippen LogP contribution in [0.2, 0.25) is 5.02 Å². The minimum atomic E-state index is -4.56. The molecule has 2 rings (SSSR count). The second-order valence-electron chi connectivity index (χ2n) is 3.06. The molecule has 2 aromatic rings. The number of fused-ring (bicyclic) bond motifs is 1. The predicted molar refractivity (Wildman–Crippen MR) is 59.4 cm³/mol. The maximum atomic E-state index is 10.7. The fourth-order valence-electron chi connectivity index (χ4n) is 1.31. The number of aromatic nitrogens is 1. The summed E-state index contributed by atoms with van der Waals surface area (Å²) in [6.07, 6.45) is 1.58. The van der Waals surface area contributed by atoms with Crippen LogP contribution in [-0.2, 0) is 4.57 Å². The summed E-state index contributed by atoms with van der Waals surface area (Å²) in [4.78, 5) is 21.4. The van der Waals surface area contributed by atoms with Crippen LogP contribution in [0.5, 0.6) is 5.75 Å². The summed E-state index contributed by atoms with van der Waals surface area (Å²) in [5.74, 6) is 0.0128. The van der Waals surface area contributed by atoms with E-state index in [1.54, 1.807) is 18.3 Å². The Labute approximate surface area is 95.9 Å². The molecule has 0 saturated carbocycles. The van der Waals surface area contributed by atoms with E-state index in [4.69, 9.17) is 21.4 Å². The van der Waals surface area contributed by atoms with Gasteiger partial charge in [-0.15, -0.1) is 0 Å². The molecule has 2 N–H and O–H groups in total. The standard InChI is InChI=1S/C9H7ClNO4P/c10-8-5-7(15-16(12,13)14)4-6-2-1-3-11-9(6)8/h1-5H,(H2,12,13,14). The second kappa shape index (κ2) is 4.03. The van der Waals surface area contributed by atoms with Gasteiger partial charge >= 0.3 is 7.82 Å². The van der Waals surface area contributed by atoms with Crippen molar-refractivity contribution in [3.8, 4) is 5.75 Å². The van der Waals surface area contributed by atoms with E-state index in [2.05, 4.69) is 9.51 Å². The van der Waals surface area contributed by atoms with Crippen LogP contribution in [0.3, 0.4) is 0 Å². The highest BCUT2D eigenvalue weighted by Crippen LogP contribution is 2.39. The summed E-state index contributed by atoms with van der Waals surface area (Å²) in [5.41, 5.74) is 0.558. The van der Waals surface area contributed by atoms with Gasteiger partial charge in [-0.3, -0.25) is 14.8 Å². The molecule has 1 aromatic carbocycles. The molecule has 0 aliphatic heterocycles. The molecule has 0 saturated heterocycles. The second-order valence-corrected chi connectivity index (χ2v) is 4.63. The average Bonchev–Trinajstić information content (AvgIpc) is 2.15. The number of rotatable bonds is 2. The monoisotopic (exact) mass is 259 g/mol. The Morgan fingerprint density at radius 2 is 2.12 bits per heavy atom. The number of hydrogen-bond acceptors (Lipinski definition) is 3. The smallest absolute Gasteiger partial charge is 0.404 e. The molecule has 0 spiro atoms. The molecule has 0 atom stereocenters. The maximum Gasteiger partial charge on any atom is 0.524 e. The lowest BCUT2D eigenvalue weighted by molar-refractivity contribution is 0.283. The summed E-state index contributed by atoms with van der Waals surface area (Å²) < 4.78 is 15.1. The van der Waals surface area contributed by atoms with Crippen molar-refractivity contribution in [3.63, 3.8) is 0 Å². The minimum Gasteiger partial charge on any atom is -0.404 e. The molecule has 0 fully saturated rings. The van der Waals surface area contributed by atoms with Gasteiger partial charge in [-0.2, -0.15) is 0 Å². The number of halogens is 1. The summed E-state index contributed by atoms with van der Waals surface area (Å²) >= 11 is 5.90. The van der Waals surface area contributed by atoms with E-state index in [0.717, 1.165) is 0 Å². The van der Waals surface area contributed by atoms with Crippen molar-refractivity contribution in [3.05, 3.63) is 35.5 Å². The van der Waals surface area contributed by atoms with Crippen LogP contribution < -0.4 is 4.52 Å². The van der Waals surface area contributed by atoms with Crippen LogP contribution in [0.15, 0.2) is 30.5 Å². The predicted octanol–water partition coefficient (Wildman–Crippen LogP) is 2.36. The van der Waals surface area contributed by atoms with Crippen LogP contribution in [0.4, 0.5) is 0 Å². The zero-order valence-electron chi connectivity index (χ0n) is 7.87. The first kappa shape index (κ1) is 11.4. The van der Waals surface area contributed by atoms with Gasteiger partial charge in [0.15, 0.2) is 0 Å². The third kappa shape index (κ3) is 2.51. The molecule has 7 heteroatoms. The van der Waals surface area contributed by atoms with Crippen molar-refractivity contribution < 1.29 is 18.9 Å². The Kier molecular flexibility index (Phi) is 2.86. The van der Waals surface area contributed by atoms with Crippen LogP contribution in [0, 0.1) is 0 Å². The fraction of sp³-hybridized carbons (Fsp3) is 0. The van der Waals surface area contributed by atoms with E-state index in [-0.39, 0.29) is 10.8 Å². The Hall–Kier alpha value is -1.13. The van der Waals surface area contributed by atoms with Gasteiger partial charge < -0.3 is 4.52 Å². The zero-order valence-corrected chi connectivity index (χ0v) is 9.52. The molecule has 16 heavy (non-hydrogen) atoms. The lowest BCUT2D eigenvalue weighted by atomic mass is 10.2. The molecule has 0 unspecified atom stereocenters. The number of hydrogen-bond donors (Lipinski definition) is 2. The first-order valence-corrected chi connectivity index (χ1v) is 6.16. The highest BCUT2D eigenvalue weighted by molar-refractivity contribution is 7.46. The third-order valence-electron chi connectivity index (χ3n) is 1.86. The van der Waals surface area contributed by atoms with Gasteiger partial charge in [0, 0.05) is 17.6 Å². The first-order chi connectivity index (χ1) is 7.46. The van der Waals surface area contributed by atoms with Gasteiger partial charge in [0.05, 0.1) is 10.5 Å². The number of nitrogens with zero attached hydrogens (tertiary/aromatic N) is 1. The molecule has 0 amide bonds. The van der Waals surface area contributed by atoms with Gasteiger partial charge in [-0.25, -0.2) is 4.57 Å². The van der Waals surface area contributed by atoms with E-state index in [9.17, 15) is 4.57 Å². The van der Waals surface area contributed by atoms with Crippen molar-refractivity contribution in [1.82, 2.24) is 4.98 Å². The molecule has 0 aliphatic rings. The van der Waals surface area contributed by atoms with Gasteiger partial charge in [-0.1, -0.05) is 17.7 Å². The van der Waals surface area contributed by atoms with Crippen molar-refractivity contribution >= 4 is 30.3 Å². The van der Waals surface area contributed by atoms with E-state index < -0.39 is 7.82 Å². The van der Waals surface area contributed by atoms with E-state index in [1.165, 1.54) is 12.1 Å². The maximum absolute atomic E-state index is 10.7. The summed E-state index contributed by atoms with van der Waals surface area (Å²) in [6.45, 7) is 0. The summed E-state index contributed by atoms with van der Waals surface area (Å²) in [7, 11) is -4.56. The molecule has 0 aliphatic carbocycles. The Bertz CT molecular complexity index is 583. The van der Waals surface area contributed by atoms with Crippen LogP contribution in [0.1, 0.15) is 0 Å². The summed E-state index contributed by atoms with van der Waals surface area (Å²) in [6, 6.07) is 6.20. The molecule has 84 valence electrons. The first-order valence-electron chi connectivity index (χ1n) is 4.25. The fourth-order valence-corrected chi connectivity index (χ4v) is 1.96. The zero-order chi connectivity index (χ0) is 11.8. The largest absolute Gasteiger partial charge is 0.524 e. The number of benzene rings is 1. The number of pyridine rings is 1. The number of phosphoric ester groups is 1. The van der Waals surface area contributed by atoms with Crippen molar-refractivity contribution in [2.75, 3.05) is 0 Å². The van der Waals surface area contributed by atoms with Crippen LogP contribution in [-0.4, -0.2) is 14.8 Å². The van der Waals surface area contributed by atoms with Crippen molar-refractivity contribution in [1.29, 1.82) is 0 Å². The van der Waals surface area contributed by atoms with Gasteiger partial charge in [0.1, 0.15) is 5.75 Å². The lowest BCUT2D eigenvalue weighted by Crippen LogP contribution is -1.90. The Morgan fingerprint density at radius 3 is 2.81 bits per heavy atom. The molecular weight excluding hydrogens is 253 g/mol. The lowest BCUT2D eigenvalue weighted by Gasteiger charge is -2.08. The van der Waals surface area contributed by atoms with Crippen LogP contribution >= 0.6 is 19.4 Å². The Morgan fingerprint density at radius 1 is 1.38 bits per heavy atom. The van der Waals surface area contributed by atoms with E-state index in [1.807, 2.05) is 0 Å². The highest BCUT2D eigenvalue weighted by Gasteiger charge is 2.16. The highest BCUT2D eigenvalue weighted by atomic mass is 35.5. The molecular formula is C9H7ClNO4P. The normalized spacial score (nSPS) is 11.7. The van der Waals surface area contributed by atoms with Crippen LogP contribution in [0.25, 0.3) is 10.9 Å². The quantitative estimate of drug-likeness (QED) is 0.809. The minimum absolute atomic E-state index is 0.0128. The molecule has 5 nitrogen and oxygen atoms in total. The van der Waals surface area contributed by atoms with Gasteiger partial charge in [0.2, 0.25) is 0 Å². The van der Waals surface area contributed by atoms with E-state index in [0.29, 0.717) is 10.9 Å². The van der Waals surface area contributed by atoms with E-state index >= 15 is 0 Å². The Balaban J connectivity index is 2.54. The summed E-state index contributed by atoms with van der Waals surface area (Å²) in [5, 5.41) is 0.931. The molecule has 1 heterocycles. The van der Waals surface area contributed by atoms with Crippen molar-refractivity contribution in [2.45, 2.75) is 0 Å². The van der Waals surface area contributed by atoms with Crippen molar-refractivity contribution in [2.24, 2.45) is 0 Å². The SMILES string of the molecule is O=P(O)(O)Oc1cc(Cl)c2ncccc2c1. The number of phosphoric acid groups is 1.